The van der Waals surface area contributed by atoms with Crippen LogP contribution in [0.1, 0.15) is 24.8 Å². The summed E-state index contributed by atoms with van der Waals surface area (Å²) in [5.41, 5.74) is 0. The SMILES string of the molecule is CC(C)C(C#N)C(c1ccc(Cl)s1)N(C)C. The number of nitrogens with zero attached hydrogens (tertiary/aromatic N) is 2. The van der Waals surface area contributed by atoms with E-state index in [4.69, 9.17) is 11.6 Å². The molecule has 1 heterocycles. The summed E-state index contributed by atoms with van der Waals surface area (Å²) < 4.78 is 0.780. The van der Waals surface area contributed by atoms with Crippen molar-refractivity contribution in [1.82, 2.24) is 4.90 Å². The Kier molecular flexibility index (Phi) is 4.79. The van der Waals surface area contributed by atoms with Gasteiger partial charge >= 0.3 is 0 Å². The first-order valence-corrected chi connectivity index (χ1v) is 6.48. The number of nitriles is 1. The predicted molar refractivity (Wildman–Crippen MR) is 69.7 cm³/mol. The van der Waals surface area contributed by atoms with Crippen LogP contribution in [0, 0.1) is 23.2 Å². The van der Waals surface area contributed by atoms with E-state index < -0.39 is 0 Å². The van der Waals surface area contributed by atoms with E-state index in [1.165, 1.54) is 0 Å². The molecule has 0 aromatic carbocycles. The van der Waals surface area contributed by atoms with Gasteiger partial charge in [-0.3, -0.25) is 0 Å². The molecule has 1 aromatic heterocycles. The molecule has 4 heteroatoms. The van der Waals surface area contributed by atoms with Crippen molar-refractivity contribution in [3.05, 3.63) is 21.3 Å². The van der Waals surface area contributed by atoms with Crippen LogP contribution in [0.3, 0.4) is 0 Å². The van der Waals surface area contributed by atoms with Crippen molar-refractivity contribution < 1.29 is 0 Å². The lowest BCUT2D eigenvalue weighted by Crippen LogP contribution is -2.29. The highest BCUT2D eigenvalue weighted by Crippen LogP contribution is 2.36. The van der Waals surface area contributed by atoms with Gasteiger partial charge < -0.3 is 4.90 Å². The van der Waals surface area contributed by atoms with Crippen molar-refractivity contribution in [2.75, 3.05) is 14.1 Å². The average Bonchev–Trinajstić information content (AvgIpc) is 2.59. The summed E-state index contributed by atoms with van der Waals surface area (Å²) in [6.07, 6.45) is 0. The number of rotatable bonds is 4. The summed E-state index contributed by atoms with van der Waals surface area (Å²) in [4.78, 5) is 3.26. The molecule has 1 rings (SSSR count). The summed E-state index contributed by atoms with van der Waals surface area (Å²) in [7, 11) is 4.01. The number of hydrogen-bond donors (Lipinski definition) is 0. The summed E-state index contributed by atoms with van der Waals surface area (Å²) in [5.74, 6) is 0.322. The maximum absolute atomic E-state index is 9.28. The molecule has 0 aliphatic rings. The third-order valence-corrected chi connectivity index (χ3v) is 3.95. The Hall–Kier alpha value is -0.560. The van der Waals surface area contributed by atoms with Crippen LogP contribution in [-0.2, 0) is 0 Å². The molecule has 2 atom stereocenters. The van der Waals surface area contributed by atoms with Crippen molar-refractivity contribution in [1.29, 1.82) is 5.26 Å². The van der Waals surface area contributed by atoms with Gasteiger partial charge in [0.1, 0.15) is 0 Å². The highest BCUT2D eigenvalue weighted by atomic mass is 35.5. The zero-order valence-electron chi connectivity index (χ0n) is 10.1. The van der Waals surface area contributed by atoms with Crippen molar-refractivity contribution in [3.8, 4) is 6.07 Å². The molecule has 0 spiro atoms. The number of thiophene rings is 1. The minimum Gasteiger partial charge on any atom is -0.300 e. The standard InChI is InChI=1S/C12H17ClN2S/c1-8(2)9(7-14)12(15(3)4)10-5-6-11(13)16-10/h5-6,8-9,12H,1-4H3. The Morgan fingerprint density at radius 2 is 2.00 bits per heavy atom. The topological polar surface area (TPSA) is 27.0 Å². The minimum atomic E-state index is -0.00952. The van der Waals surface area contributed by atoms with Gasteiger partial charge in [0.15, 0.2) is 0 Å². The number of hydrogen-bond acceptors (Lipinski definition) is 3. The van der Waals surface area contributed by atoms with E-state index in [1.54, 1.807) is 11.3 Å². The molecule has 2 nitrogen and oxygen atoms in total. The average molecular weight is 257 g/mol. The number of halogens is 1. The Bertz CT molecular complexity index is 379. The van der Waals surface area contributed by atoms with E-state index in [9.17, 15) is 5.26 Å². The van der Waals surface area contributed by atoms with E-state index in [0.29, 0.717) is 5.92 Å². The minimum absolute atomic E-state index is 0.00952. The smallest absolute Gasteiger partial charge is 0.0931 e. The highest BCUT2D eigenvalue weighted by molar-refractivity contribution is 7.16. The van der Waals surface area contributed by atoms with Crippen LogP contribution in [0.25, 0.3) is 0 Å². The van der Waals surface area contributed by atoms with Gasteiger partial charge in [0.05, 0.1) is 22.4 Å². The second kappa shape index (κ2) is 5.67. The van der Waals surface area contributed by atoms with Crippen molar-refractivity contribution >= 4 is 22.9 Å². The fourth-order valence-electron chi connectivity index (χ4n) is 1.82. The maximum Gasteiger partial charge on any atom is 0.0931 e. The van der Waals surface area contributed by atoms with Crippen LogP contribution >= 0.6 is 22.9 Å². The first-order valence-electron chi connectivity index (χ1n) is 5.28. The third-order valence-electron chi connectivity index (χ3n) is 2.65. The third kappa shape index (κ3) is 2.98. The molecule has 0 amide bonds. The molecular weight excluding hydrogens is 240 g/mol. The zero-order chi connectivity index (χ0) is 12.3. The van der Waals surface area contributed by atoms with E-state index >= 15 is 0 Å². The van der Waals surface area contributed by atoms with Gasteiger partial charge in [-0.15, -0.1) is 11.3 Å². The second-order valence-corrected chi connectivity index (χ2v) is 6.20. The summed E-state index contributed by atoms with van der Waals surface area (Å²) in [5, 5.41) is 9.28. The first kappa shape index (κ1) is 13.5. The van der Waals surface area contributed by atoms with Crippen molar-refractivity contribution in [3.63, 3.8) is 0 Å². The Labute approximate surface area is 106 Å². The Morgan fingerprint density at radius 3 is 2.31 bits per heavy atom. The fraction of sp³-hybridized carbons (Fsp3) is 0.583. The lowest BCUT2D eigenvalue weighted by atomic mass is 9.88. The quantitative estimate of drug-likeness (QED) is 0.819. The Morgan fingerprint density at radius 1 is 1.38 bits per heavy atom. The van der Waals surface area contributed by atoms with E-state index in [2.05, 4.69) is 24.8 Å². The highest BCUT2D eigenvalue weighted by Gasteiger charge is 2.28. The van der Waals surface area contributed by atoms with Gasteiger partial charge in [-0.05, 0) is 32.1 Å². The monoisotopic (exact) mass is 256 g/mol. The van der Waals surface area contributed by atoms with Crippen LogP contribution in [0.5, 0.6) is 0 Å². The molecule has 0 N–H and O–H groups in total. The van der Waals surface area contributed by atoms with Gasteiger partial charge in [0.25, 0.3) is 0 Å². The molecule has 0 aliphatic heterocycles. The molecule has 16 heavy (non-hydrogen) atoms. The molecular formula is C12H17ClN2S. The van der Waals surface area contributed by atoms with Crippen LogP contribution < -0.4 is 0 Å². The first-order chi connectivity index (χ1) is 7.47. The summed E-state index contributed by atoms with van der Waals surface area (Å²) in [6, 6.07) is 6.45. The second-order valence-electron chi connectivity index (χ2n) is 4.45. The summed E-state index contributed by atoms with van der Waals surface area (Å²) in [6.45, 7) is 4.17. The Balaban J connectivity index is 3.04. The van der Waals surface area contributed by atoms with Gasteiger partial charge in [-0.25, -0.2) is 0 Å². The molecule has 0 fully saturated rings. The molecule has 0 aliphatic carbocycles. The lowest BCUT2D eigenvalue weighted by Gasteiger charge is -2.29. The normalized spacial score (nSPS) is 15.1. The van der Waals surface area contributed by atoms with Gasteiger partial charge in [0.2, 0.25) is 0 Å². The van der Waals surface area contributed by atoms with Gasteiger partial charge in [-0.1, -0.05) is 25.4 Å². The summed E-state index contributed by atoms with van der Waals surface area (Å²) >= 11 is 7.51. The van der Waals surface area contributed by atoms with Gasteiger partial charge in [-0.2, -0.15) is 5.26 Å². The molecule has 1 aromatic rings. The van der Waals surface area contributed by atoms with Crippen LogP contribution in [-0.4, -0.2) is 19.0 Å². The van der Waals surface area contributed by atoms with Crippen molar-refractivity contribution in [2.45, 2.75) is 19.9 Å². The maximum atomic E-state index is 9.28. The molecule has 88 valence electrons. The molecule has 2 unspecified atom stereocenters. The predicted octanol–water partition coefficient (Wildman–Crippen LogP) is 3.80. The van der Waals surface area contributed by atoms with Crippen LogP contribution in [0.2, 0.25) is 4.34 Å². The molecule has 0 saturated heterocycles. The van der Waals surface area contributed by atoms with E-state index in [0.717, 1.165) is 9.21 Å². The van der Waals surface area contributed by atoms with Crippen molar-refractivity contribution in [2.24, 2.45) is 11.8 Å². The van der Waals surface area contributed by atoms with E-state index in [-0.39, 0.29) is 12.0 Å². The molecule has 0 radical (unpaired) electrons. The molecule has 0 saturated carbocycles. The fourth-order valence-corrected chi connectivity index (χ4v) is 3.13. The largest absolute Gasteiger partial charge is 0.300 e. The van der Waals surface area contributed by atoms with E-state index in [1.807, 2.05) is 26.2 Å². The lowest BCUT2D eigenvalue weighted by molar-refractivity contribution is 0.214. The molecule has 0 bridgehead atoms. The van der Waals surface area contributed by atoms with Crippen LogP contribution in [0.15, 0.2) is 12.1 Å². The zero-order valence-corrected chi connectivity index (χ0v) is 11.6. The van der Waals surface area contributed by atoms with Gasteiger partial charge in [0, 0.05) is 4.88 Å². The van der Waals surface area contributed by atoms with Crippen LogP contribution in [0.4, 0.5) is 0 Å².